The van der Waals surface area contributed by atoms with Gasteiger partial charge in [-0.1, -0.05) is 0 Å². The number of methoxy groups -OCH3 is 1. The molecule has 0 saturated carbocycles. The maximum Gasteiger partial charge on any atom is 0.401 e. The van der Waals surface area contributed by atoms with Crippen molar-refractivity contribution in [3.8, 4) is 0 Å². The Balaban J connectivity index is 0. The van der Waals surface area contributed by atoms with Gasteiger partial charge in [0.2, 0.25) is 0 Å². The summed E-state index contributed by atoms with van der Waals surface area (Å²) in [7, 11) is 1.06. The van der Waals surface area contributed by atoms with Crippen molar-refractivity contribution in [2.75, 3.05) is 20.3 Å². The zero-order valence-corrected chi connectivity index (χ0v) is 14.4. The molecule has 0 saturated heterocycles. The van der Waals surface area contributed by atoms with E-state index in [1.165, 1.54) is 0 Å². The van der Waals surface area contributed by atoms with E-state index < -0.39 is 43.0 Å². The maximum absolute atomic E-state index is 12.5. The molecule has 0 aliphatic heterocycles. The van der Waals surface area contributed by atoms with E-state index in [1.54, 1.807) is 20.8 Å². The van der Waals surface area contributed by atoms with E-state index >= 15 is 0 Å². The van der Waals surface area contributed by atoms with Gasteiger partial charge in [-0.2, -0.15) is 13.2 Å². The van der Waals surface area contributed by atoms with Crippen LogP contribution in [-0.2, 0) is 19.1 Å². The van der Waals surface area contributed by atoms with Crippen LogP contribution in [0.4, 0.5) is 13.2 Å². The molecule has 1 atom stereocenters. The molecule has 1 unspecified atom stereocenters. The monoisotopic (exact) mass is 364 g/mol. The Kier molecular flexibility index (Phi) is 10.5. The molecule has 0 aromatic heterocycles. The lowest BCUT2D eigenvalue weighted by Gasteiger charge is -2.29. The molecule has 0 radical (unpaired) electrons. The highest BCUT2D eigenvalue weighted by molar-refractivity contribution is 5.85. The van der Waals surface area contributed by atoms with Crippen molar-refractivity contribution in [2.45, 2.75) is 51.4 Å². The Morgan fingerprint density at radius 1 is 1.22 bits per heavy atom. The first-order valence-corrected chi connectivity index (χ1v) is 6.70. The SMILES string of the molecule is COC(=O)C(CCC(=O)OC(C)(C)C)N(CN)CC(F)(F)F.Cl. The van der Waals surface area contributed by atoms with E-state index in [9.17, 15) is 22.8 Å². The number of halogens is 4. The third kappa shape index (κ3) is 11.2. The molecule has 0 aromatic rings. The van der Waals surface area contributed by atoms with Gasteiger partial charge in [0.25, 0.3) is 0 Å². The number of esters is 2. The molecule has 6 nitrogen and oxygen atoms in total. The number of nitrogens with zero attached hydrogens (tertiary/aromatic N) is 1. The lowest BCUT2D eigenvalue weighted by atomic mass is 10.1. The number of carbonyl (C=O) groups excluding carboxylic acids is 2. The summed E-state index contributed by atoms with van der Waals surface area (Å²) in [4.78, 5) is 24.0. The van der Waals surface area contributed by atoms with Crippen LogP contribution in [0, 0.1) is 0 Å². The Hall–Kier alpha value is -1.06. The zero-order valence-electron chi connectivity index (χ0n) is 13.6. The van der Waals surface area contributed by atoms with E-state index in [2.05, 4.69) is 4.74 Å². The molecule has 23 heavy (non-hydrogen) atoms. The summed E-state index contributed by atoms with van der Waals surface area (Å²) in [6, 6.07) is -1.26. The van der Waals surface area contributed by atoms with Gasteiger partial charge < -0.3 is 15.2 Å². The van der Waals surface area contributed by atoms with Crippen LogP contribution in [-0.4, -0.2) is 55.0 Å². The van der Waals surface area contributed by atoms with Gasteiger partial charge in [-0.3, -0.25) is 14.5 Å². The average Bonchev–Trinajstić information content (AvgIpc) is 2.33. The van der Waals surface area contributed by atoms with Crippen LogP contribution in [0.2, 0.25) is 0 Å². The Morgan fingerprint density at radius 3 is 2.09 bits per heavy atom. The van der Waals surface area contributed by atoms with Crippen LogP contribution in [0.1, 0.15) is 33.6 Å². The second kappa shape index (κ2) is 9.94. The smallest absolute Gasteiger partial charge is 0.401 e. The van der Waals surface area contributed by atoms with E-state index in [-0.39, 0.29) is 25.2 Å². The van der Waals surface area contributed by atoms with Crippen molar-refractivity contribution < 1.29 is 32.2 Å². The maximum atomic E-state index is 12.5. The standard InChI is InChI=1S/C13H23F3N2O4.ClH/c1-12(2,3)22-10(19)6-5-9(11(20)21-4)18(8-17)7-13(14,15)16;/h9H,5-8,17H2,1-4H3;1H. The molecule has 0 fully saturated rings. The first-order valence-electron chi connectivity index (χ1n) is 6.70. The minimum absolute atomic E-state index is 0. The van der Waals surface area contributed by atoms with Gasteiger partial charge >= 0.3 is 18.1 Å². The van der Waals surface area contributed by atoms with Crippen molar-refractivity contribution in [2.24, 2.45) is 5.73 Å². The van der Waals surface area contributed by atoms with Crippen molar-refractivity contribution >= 4 is 24.3 Å². The molecule has 0 aliphatic carbocycles. The molecule has 138 valence electrons. The fraction of sp³-hybridized carbons (Fsp3) is 0.846. The fourth-order valence-corrected chi connectivity index (χ4v) is 1.76. The quantitative estimate of drug-likeness (QED) is 0.548. The number of carbonyl (C=O) groups is 2. The summed E-state index contributed by atoms with van der Waals surface area (Å²) in [6.07, 6.45) is -4.90. The summed E-state index contributed by atoms with van der Waals surface area (Å²) >= 11 is 0. The number of rotatable bonds is 7. The summed E-state index contributed by atoms with van der Waals surface area (Å²) < 4.78 is 47.0. The van der Waals surface area contributed by atoms with E-state index in [0.717, 1.165) is 12.0 Å². The normalized spacial score (nSPS) is 13.3. The molecule has 0 heterocycles. The van der Waals surface area contributed by atoms with Crippen LogP contribution in [0.25, 0.3) is 0 Å². The predicted octanol–water partition coefficient (Wildman–Crippen LogP) is 1.85. The first-order chi connectivity index (χ1) is 9.89. The zero-order chi connectivity index (χ0) is 17.6. The summed E-state index contributed by atoms with van der Waals surface area (Å²) in [5.74, 6) is -1.48. The topological polar surface area (TPSA) is 81.9 Å². The molecular formula is C13H24ClF3N2O4. The molecule has 0 bridgehead atoms. The largest absolute Gasteiger partial charge is 0.468 e. The third-order valence-electron chi connectivity index (χ3n) is 2.57. The molecular weight excluding hydrogens is 341 g/mol. The average molecular weight is 365 g/mol. The van der Waals surface area contributed by atoms with Crippen molar-refractivity contribution in [1.29, 1.82) is 0 Å². The van der Waals surface area contributed by atoms with Crippen molar-refractivity contribution in [1.82, 2.24) is 4.90 Å². The van der Waals surface area contributed by atoms with Crippen LogP contribution >= 0.6 is 12.4 Å². The second-order valence-corrected chi connectivity index (χ2v) is 5.71. The fourth-order valence-electron chi connectivity index (χ4n) is 1.76. The second-order valence-electron chi connectivity index (χ2n) is 5.71. The third-order valence-corrected chi connectivity index (χ3v) is 2.57. The first kappa shape index (κ1) is 24.2. The number of hydrogen-bond donors (Lipinski definition) is 1. The van der Waals surface area contributed by atoms with E-state index in [4.69, 9.17) is 10.5 Å². The Bertz CT molecular complexity index is 386. The lowest BCUT2D eigenvalue weighted by Crippen LogP contribution is -2.49. The van der Waals surface area contributed by atoms with Gasteiger partial charge in [0, 0.05) is 13.1 Å². The molecule has 0 amide bonds. The van der Waals surface area contributed by atoms with Crippen molar-refractivity contribution in [3.63, 3.8) is 0 Å². The Labute approximate surface area is 139 Å². The molecule has 0 aromatic carbocycles. The van der Waals surface area contributed by atoms with Crippen LogP contribution < -0.4 is 5.73 Å². The minimum atomic E-state index is -4.52. The highest BCUT2D eigenvalue weighted by Gasteiger charge is 2.36. The van der Waals surface area contributed by atoms with E-state index in [1.807, 2.05) is 0 Å². The summed E-state index contributed by atoms with van der Waals surface area (Å²) in [5.41, 5.74) is 4.57. The summed E-state index contributed by atoms with van der Waals surface area (Å²) in [6.45, 7) is 3.14. The molecule has 0 rings (SSSR count). The minimum Gasteiger partial charge on any atom is -0.468 e. The highest BCUT2D eigenvalue weighted by Crippen LogP contribution is 2.20. The van der Waals surface area contributed by atoms with Crippen LogP contribution in [0.15, 0.2) is 0 Å². The van der Waals surface area contributed by atoms with Gasteiger partial charge in [-0.15, -0.1) is 12.4 Å². The molecule has 0 spiro atoms. The molecule has 2 N–H and O–H groups in total. The van der Waals surface area contributed by atoms with Gasteiger partial charge in [0.15, 0.2) is 0 Å². The summed E-state index contributed by atoms with van der Waals surface area (Å²) in [5, 5.41) is 0. The lowest BCUT2D eigenvalue weighted by molar-refractivity contribution is -0.165. The van der Waals surface area contributed by atoms with Crippen LogP contribution in [0.3, 0.4) is 0 Å². The highest BCUT2D eigenvalue weighted by atomic mass is 35.5. The van der Waals surface area contributed by atoms with Gasteiger partial charge in [-0.25, -0.2) is 0 Å². The van der Waals surface area contributed by atoms with Crippen molar-refractivity contribution in [3.05, 3.63) is 0 Å². The number of nitrogens with two attached hydrogens (primary N) is 1. The van der Waals surface area contributed by atoms with E-state index in [0.29, 0.717) is 0 Å². The predicted molar refractivity (Wildman–Crippen MR) is 79.9 cm³/mol. The molecule has 0 aliphatic rings. The van der Waals surface area contributed by atoms with Gasteiger partial charge in [0.05, 0.1) is 13.7 Å². The number of alkyl halides is 3. The van der Waals surface area contributed by atoms with Gasteiger partial charge in [-0.05, 0) is 27.2 Å². The molecule has 10 heteroatoms. The number of ether oxygens (including phenoxy) is 2. The van der Waals surface area contributed by atoms with Gasteiger partial charge in [0.1, 0.15) is 11.6 Å². The Morgan fingerprint density at radius 2 is 1.74 bits per heavy atom. The van der Waals surface area contributed by atoms with Crippen LogP contribution in [0.5, 0.6) is 0 Å². The number of hydrogen-bond acceptors (Lipinski definition) is 6.